The van der Waals surface area contributed by atoms with E-state index in [4.69, 9.17) is 0 Å². The van der Waals surface area contributed by atoms with Crippen molar-refractivity contribution in [2.45, 2.75) is 25.3 Å². The molecular formula is C15H21N3O2. The van der Waals surface area contributed by atoms with E-state index in [1.54, 1.807) is 38.4 Å². The van der Waals surface area contributed by atoms with Gasteiger partial charge in [0, 0.05) is 25.3 Å². The fourth-order valence-electron chi connectivity index (χ4n) is 2.29. The molecule has 2 rings (SSSR count). The maximum atomic E-state index is 12.1. The molecule has 0 bridgehead atoms. The zero-order valence-electron chi connectivity index (χ0n) is 12.0. The van der Waals surface area contributed by atoms with Crippen LogP contribution in [-0.4, -0.2) is 43.4 Å². The van der Waals surface area contributed by atoms with Gasteiger partial charge in [0.25, 0.3) is 5.91 Å². The fraction of sp³-hybridized carbons (Fsp3) is 0.467. The molecule has 2 amide bonds. The quantitative estimate of drug-likeness (QED) is 0.878. The molecule has 1 aromatic rings. The van der Waals surface area contributed by atoms with Gasteiger partial charge in [0.1, 0.15) is 0 Å². The number of rotatable bonds is 3. The van der Waals surface area contributed by atoms with Gasteiger partial charge in [-0.3, -0.25) is 9.59 Å². The van der Waals surface area contributed by atoms with Crippen molar-refractivity contribution in [2.24, 2.45) is 0 Å². The van der Waals surface area contributed by atoms with E-state index in [9.17, 15) is 9.59 Å². The predicted octanol–water partition coefficient (Wildman–Crippen LogP) is 1.47. The van der Waals surface area contributed by atoms with E-state index < -0.39 is 0 Å². The zero-order valence-corrected chi connectivity index (χ0v) is 12.0. The van der Waals surface area contributed by atoms with Gasteiger partial charge >= 0.3 is 0 Å². The van der Waals surface area contributed by atoms with Crippen molar-refractivity contribution in [3.8, 4) is 0 Å². The number of hydrogen-bond donors (Lipinski definition) is 2. The minimum atomic E-state index is -0.128. The highest BCUT2D eigenvalue weighted by atomic mass is 16.2. The molecule has 1 fully saturated rings. The number of nitrogens with one attached hydrogen (secondary N) is 2. The topological polar surface area (TPSA) is 61.4 Å². The standard InChI is InChI=1S/C15H21N3O2/c1-18(2)15(20)11-6-5-7-12(10-11)17-14(19)13-8-3-4-9-16-13/h5-7,10,13,16H,3-4,8-9H2,1-2H3,(H,17,19)/t13-/m1/s1. The fourth-order valence-corrected chi connectivity index (χ4v) is 2.29. The van der Waals surface area contributed by atoms with Crippen LogP contribution in [0.5, 0.6) is 0 Å². The number of benzene rings is 1. The molecule has 0 saturated carbocycles. The second-order valence-electron chi connectivity index (χ2n) is 5.27. The molecule has 20 heavy (non-hydrogen) atoms. The number of nitrogens with zero attached hydrogens (tertiary/aromatic N) is 1. The summed E-state index contributed by atoms with van der Waals surface area (Å²) in [5, 5.41) is 6.08. The molecule has 1 aliphatic rings. The molecule has 1 aromatic carbocycles. The summed E-state index contributed by atoms with van der Waals surface area (Å²) in [4.78, 5) is 25.5. The second kappa shape index (κ2) is 6.52. The number of hydrogen-bond acceptors (Lipinski definition) is 3. The van der Waals surface area contributed by atoms with E-state index in [0.717, 1.165) is 25.8 Å². The lowest BCUT2D eigenvalue weighted by molar-refractivity contribution is -0.118. The Kier molecular flexibility index (Phi) is 4.74. The van der Waals surface area contributed by atoms with Crippen molar-refractivity contribution in [2.75, 3.05) is 26.0 Å². The van der Waals surface area contributed by atoms with Crippen LogP contribution in [0.4, 0.5) is 5.69 Å². The van der Waals surface area contributed by atoms with Crippen LogP contribution in [0.2, 0.25) is 0 Å². The first-order chi connectivity index (χ1) is 9.58. The van der Waals surface area contributed by atoms with E-state index in [1.165, 1.54) is 4.90 Å². The van der Waals surface area contributed by atoms with E-state index in [-0.39, 0.29) is 17.9 Å². The van der Waals surface area contributed by atoms with Gasteiger partial charge in [-0.2, -0.15) is 0 Å². The van der Waals surface area contributed by atoms with Gasteiger partial charge in [0.05, 0.1) is 6.04 Å². The third kappa shape index (κ3) is 3.57. The van der Waals surface area contributed by atoms with E-state index >= 15 is 0 Å². The Labute approximate surface area is 119 Å². The maximum Gasteiger partial charge on any atom is 0.253 e. The van der Waals surface area contributed by atoms with Gasteiger partial charge in [-0.05, 0) is 37.6 Å². The Morgan fingerprint density at radius 3 is 2.75 bits per heavy atom. The van der Waals surface area contributed by atoms with Crippen molar-refractivity contribution in [3.63, 3.8) is 0 Å². The Morgan fingerprint density at radius 2 is 2.10 bits per heavy atom. The summed E-state index contributed by atoms with van der Waals surface area (Å²) in [6, 6.07) is 6.91. The molecule has 108 valence electrons. The summed E-state index contributed by atoms with van der Waals surface area (Å²) in [7, 11) is 3.42. The third-order valence-corrected chi connectivity index (χ3v) is 3.41. The maximum absolute atomic E-state index is 12.1. The van der Waals surface area contributed by atoms with Crippen LogP contribution in [0.1, 0.15) is 29.6 Å². The molecule has 1 heterocycles. The monoisotopic (exact) mass is 275 g/mol. The summed E-state index contributed by atoms with van der Waals surface area (Å²) in [6.07, 6.45) is 3.06. The van der Waals surface area contributed by atoms with Crippen molar-refractivity contribution in [1.29, 1.82) is 0 Å². The van der Waals surface area contributed by atoms with Crippen molar-refractivity contribution >= 4 is 17.5 Å². The van der Waals surface area contributed by atoms with Crippen LogP contribution in [0, 0.1) is 0 Å². The Hall–Kier alpha value is -1.88. The van der Waals surface area contributed by atoms with Gasteiger partial charge in [-0.15, -0.1) is 0 Å². The molecule has 5 heteroatoms. The first-order valence-corrected chi connectivity index (χ1v) is 6.94. The van der Waals surface area contributed by atoms with Crippen LogP contribution in [0.15, 0.2) is 24.3 Å². The molecule has 1 aliphatic heterocycles. The van der Waals surface area contributed by atoms with Crippen LogP contribution in [-0.2, 0) is 4.79 Å². The summed E-state index contributed by atoms with van der Waals surface area (Å²) in [5.74, 6) is -0.101. The van der Waals surface area contributed by atoms with Crippen LogP contribution in [0.25, 0.3) is 0 Å². The lowest BCUT2D eigenvalue weighted by Crippen LogP contribution is -2.43. The van der Waals surface area contributed by atoms with Crippen LogP contribution < -0.4 is 10.6 Å². The Morgan fingerprint density at radius 1 is 1.30 bits per heavy atom. The van der Waals surface area contributed by atoms with E-state index in [0.29, 0.717) is 11.3 Å². The molecule has 0 unspecified atom stereocenters. The molecule has 0 aliphatic carbocycles. The Bertz CT molecular complexity index is 494. The smallest absolute Gasteiger partial charge is 0.253 e. The molecule has 0 spiro atoms. The molecule has 5 nitrogen and oxygen atoms in total. The van der Waals surface area contributed by atoms with Gasteiger partial charge < -0.3 is 15.5 Å². The minimum Gasteiger partial charge on any atom is -0.345 e. The molecule has 1 atom stereocenters. The predicted molar refractivity (Wildman–Crippen MR) is 78.7 cm³/mol. The highest BCUT2D eigenvalue weighted by Gasteiger charge is 2.20. The van der Waals surface area contributed by atoms with E-state index in [1.807, 2.05) is 0 Å². The number of amides is 2. The van der Waals surface area contributed by atoms with Crippen molar-refractivity contribution < 1.29 is 9.59 Å². The number of piperidine rings is 1. The first kappa shape index (κ1) is 14.5. The van der Waals surface area contributed by atoms with Gasteiger partial charge in [0.15, 0.2) is 0 Å². The average Bonchev–Trinajstić information content (AvgIpc) is 2.47. The van der Waals surface area contributed by atoms with Gasteiger partial charge in [-0.1, -0.05) is 12.5 Å². The molecule has 0 aromatic heterocycles. The highest BCUT2D eigenvalue weighted by Crippen LogP contribution is 2.14. The van der Waals surface area contributed by atoms with Crippen LogP contribution >= 0.6 is 0 Å². The van der Waals surface area contributed by atoms with Gasteiger partial charge in [0.2, 0.25) is 5.91 Å². The minimum absolute atomic E-state index is 0.0286. The zero-order chi connectivity index (χ0) is 14.5. The molecular weight excluding hydrogens is 254 g/mol. The van der Waals surface area contributed by atoms with E-state index in [2.05, 4.69) is 10.6 Å². The lowest BCUT2D eigenvalue weighted by atomic mass is 10.0. The number of carbonyl (C=O) groups excluding carboxylic acids is 2. The summed E-state index contributed by atoms with van der Waals surface area (Å²) >= 11 is 0. The van der Waals surface area contributed by atoms with Crippen LogP contribution in [0.3, 0.4) is 0 Å². The first-order valence-electron chi connectivity index (χ1n) is 6.94. The third-order valence-electron chi connectivity index (χ3n) is 3.41. The molecule has 0 radical (unpaired) electrons. The summed E-state index contributed by atoms with van der Waals surface area (Å²) in [6.45, 7) is 0.886. The molecule has 1 saturated heterocycles. The van der Waals surface area contributed by atoms with Crippen molar-refractivity contribution in [3.05, 3.63) is 29.8 Å². The Balaban J connectivity index is 2.04. The van der Waals surface area contributed by atoms with Gasteiger partial charge in [-0.25, -0.2) is 0 Å². The average molecular weight is 275 g/mol. The SMILES string of the molecule is CN(C)C(=O)c1cccc(NC(=O)[C@H]2CCCCN2)c1. The summed E-state index contributed by atoms with van der Waals surface area (Å²) in [5.41, 5.74) is 1.24. The molecule has 2 N–H and O–H groups in total. The summed E-state index contributed by atoms with van der Waals surface area (Å²) < 4.78 is 0. The van der Waals surface area contributed by atoms with Crippen molar-refractivity contribution in [1.82, 2.24) is 10.2 Å². The largest absolute Gasteiger partial charge is 0.345 e. The lowest BCUT2D eigenvalue weighted by Gasteiger charge is -2.22. The normalized spacial score (nSPS) is 18.4. The number of anilines is 1. The highest BCUT2D eigenvalue weighted by molar-refractivity contribution is 5.98. The second-order valence-corrected chi connectivity index (χ2v) is 5.27. The number of carbonyl (C=O) groups is 2.